The van der Waals surface area contributed by atoms with Gasteiger partial charge in [0.05, 0.1) is 7.11 Å². The molecule has 0 radical (unpaired) electrons. The van der Waals surface area contributed by atoms with Gasteiger partial charge in [0.25, 0.3) is 0 Å². The van der Waals surface area contributed by atoms with Gasteiger partial charge >= 0.3 is 12.1 Å². The van der Waals surface area contributed by atoms with Crippen LogP contribution in [0.3, 0.4) is 0 Å². The van der Waals surface area contributed by atoms with Gasteiger partial charge in [-0.25, -0.2) is 9.59 Å². The summed E-state index contributed by atoms with van der Waals surface area (Å²) in [5, 5.41) is 21.7. The number of alkyl carbamates (subject to hydrolysis) is 1. The number of carboxylic acid groups (broad SMARTS) is 1. The summed E-state index contributed by atoms with van der Waals surface area (Å²) in [6.07, 6.45) is -2.41. The summed E-state index contributed by atoms with van der Waals surface area (Å²) in [6, 6.07) is 4.87. The van der Waals surface area contributed by atoms with Gasteiger partial charge in [-0.3, -0.25) is 0 Å². The molecule has 3 N–H and O–H groups in total. The van der Waals surface area contributed by atoms with Crippen molar-refractivity contribution >= 4 is 12.1 Å². The Hall–Kier alpha value is -2.28. The maximum Gasteiger partial charge on any atom is 0.408 e. The summed E-state index contributed by atoms with van der Waals surface area (Å²) >= 11 is 0. The first-order valence-corrected chi connectivity index (χ1v) is 6.69. The highest BCUT2D eigenvalue weighted by atomic mass is 16.6. The lowest BCUT2D eigenvalue weighted by Gasteiger charge is -2.25. The first kappa shape index (κ1) is 17.8. The molecular formula is C15H21NO6. The normalized spacial score (nSPS) is 13.9. The monoisotopic (exact) mass is 311 g/mol. The van der Waals surface area contributed by atoms with Gasteiger partial charge in [-0.15, -0.1) is 0 Å². The van der Waals surface area contributed by atoms with Crippen LogP contribution in [0.4, 0.5) is 4.79 Å². The van der Waals surface area contributed by atoms with E-state index in [0.29, 0.717) is 5.75 Å². The minimum absolute atomic E-state index is 0.258. The predicted octanol–water partition coefficient (Wildman–Crippen LogP) is 1.71. The maximum atomic E-state index is 11.7. The van der Waals surface area contributed by atoms with Crippen molar-refractivity contribution in [3.8, 4) is 5.75 Å². The van der Waals surface area contributed by atoms with Crippen molar-refractivity contribution < 1.29 is 29.3 Å². The van der Waals surface area contributed by atoms with E-state index in [-0.39, 0.29) is 5.56 Å². The van der Waals surface area contributed by atoms with Crippen molar-refractivity contribution in [1.82, 2.24) is 5.32 Å². The average molecular weight is 311 g/mol. The van der Waals surface area contributed by atoms with Crippen LogP contribution in [0.5, 0.6) is 5.75 Å². The number of rotatable bonds is 5. The number of aliphatic hydroxyl groups excluding tert-OH is 1. The minimum Gasteiger partial charge on any atom is -0.496 e. The Balaban J connectivity index is 2.96. The molecule has 0 saturated carbocycles. The Morgan fingerprint density at radius 1 is 1.23 bits per heavy atom. The fourth-order valence-electron chi connectivity index (χ4n) is 1.80. The summed E-state index contributed by atoms with van der Waals surface area (Å²) in [5.41, 5.74) is -0.517. The van der Waals surface area contributed by atoms with E-state index in [1.807, 2.05) is 0 Å². The molecule has 1 aromatic rings. The number of nitrogens with one attached hydrogen (secondary N) is 1. The van der Waals surface area contributed by atoms with Crippen molar-refractivity contribution in [2.45, 2.75) is 38.5 Å². The number of benzene rings is 1. The molecule has 7 nitrogen and oxygen atoms in total. The number of aliphatic hydroxyl groups is 1. The van der Waals surface area contributed by atoms with Crippen LogP contribution in [-0.2, 0) is 9.53 Å². The second-order valence-electron chi connectivity index (χ2n) is 5.65. The minimum atomic E-state index is -1.56. The highest BCUT2D eigenvalue weighted by Crippen LogP contribution is 2.27. The number of para-hydroxylation sites is 1. The highest BCUT2D eigenvalue weighted by Gasteiger charge is 2.32. The lowest BCUT2D eigenvalue weighted by Crippen LogP contribution is -2.46. The second-order valence-corrected chi connectivity index (χ2v) is 5.65. The third kappa shape index (κ3) is 4.92. The van der Waals surface area contributed by atoms with E-state index in [1.165, 1.54) is 13.2 Å². The smallest absolute Gasteiger partial charge is 0.408 e. The molecule has 1 amide bonds. The number of amides is 1. The molecule has 0 unspecified atom stereocenters. The van der Waals surface area contributed by atoms with E-state index in [2.05, 4.69) is 5.32 Å². The molecule has 1 aromatic carbocycles. The number of aliphatic carboxylic acids is 1. The molecule has 0 bridgehead atoms. The molecule has 0 aliphatic heterocycles. The Labute approximate surface area is 128 Å². The maximum absolute atomic E-state index is 11.7. The van der Waals surface area contributed by atoms with Crippen LogP contribution < -0.4 is 10.1 Å². The van der Waals surface area contributed by atoms with Crippen molar-refractivity contribution in [3.63, 3.8) is 0 Å². The van der Waals surface area contributed by atoms with Gasteiger partial charge in [0.2, 0.25) is 0 Å². The molecule has 0 fully saturated rings. The van der Waals surface area contributed by atoms with Gasteiger partial charge in [-0.05, 0) is 26.8 Å². The molecule has 7 heteroatoms. The number of carboxylic acids is 1. The zero-order chi connectivity index (χ0) is 16.9. The Morgan fingerprint density at radius 2 is 1.82 bits per heavy atom. The average Bonchev–Trinajstić information content (AvgIpc) is 2.41. The molecule has 22 heavy (non-hydrogen) atoms. The first-order chi connectivity index (χ1) is 10.2. The zero-order valence-corrected chi connectivity index (χ0v) is 13.0. The summed E-state index contributed by atoms with van der Waals surface area (Å²) in [7, 11) is 1.41. The standard InChI is InChI=1S/C15H21NO6/c1-15(2,3)22-14(20)16-11(13(18)19)12(17)9-7-5-6-8-10(9)21-4/h5-8,11-12,17H,1-4H3,(H,16,20)(H,18,19)/t11-,12+/m0/s1. The summed E-state index contributed by atoms with van der Waals surface area (Å²) in [5.74, 6) is -1.06. The van der Waals surface area contributed by atoms with E-state index in [4.69, 9.17) is 9.47 Å². The van der Waals surface area contributed by atoms with E-state index < -0.39 is 29.8 Å². The van der Waals surface area contributed by atoms with E-state index in [9.17, 15) is 19.8 Å². The zero-order valence-electron chi connectivity index (χ0n) is 13.0. The SMILES string of the molecule is COc1ccccc1[C@@H](O)[C@H](NC(=O)OC(C)(C)C)C(=O)O. The van der Waals surface area contributed by atoms with Crippen LogP contribution in [0.1, 0.15) is 32.4 Å². The molecule has 0 heterocycles. The highest BCUT2D eigenvalue weighted by molar-refractivity contribution is 5.81. The van der Waals surface area contributed by atoms with Crippen molar-refractivity contribution in [2.24, 2.45) is 0 Å². The Bertz CT molecular complexity index is 537. The third-order valence-electron chi connectivity index (χ3n) is 2.71. The molecule has 0 aromatic heterocycles. The molecule has 1 rings (SSSR count). The van der Waals surface area contributed by atoms with Gasteiger partial charge in [-0.2, -0.15) is 0 Å². The number of hydrogen-bond donors (Lipinski definition) is 3. The number of carbonyl (C=O) groups is 2. The van der Waals surface area contributed by atoms with Crippen molar-refractivity contribution in [1.29, 1.82) is 0 Å². The van der Waals surface area contributed by atoms with Crippen LogP contribution >= 0.6 is 0 Å². The van der Waals surface area contributed by atoms with Gasteiger partial charge in [0.1, 0.15) is 17.5 Å². The van der Waals surface area contributed by atoms with Gasteiger partial charge in [0.15, 0.2) is 6.04 Å². The second kappa shape index (κ2) is 7.13. The number of methoxy groups -OCH3 is 1. The first-order valence-electron chi connectivity index (χ1n) is 6.69. The van der Waals surface area contributed by atoms with Crippen molar-refractivity contribution in [3.05, 3.63) is 29.8 Å². The molecule has 122 valence electrons. The molecule has 0 aliphatic rings. The summed E-state index contributed by atoms with van der Waals surface area (Å²) in [4.78, 5) is 23.1. The largest absolute Gasteiger partial charge is 0.496 e. The molecule has 0 saturated heterocycles. The quantitative estimate of drug-likeness (QED) is 0.764. The van der Waals surface area contributed by atoms with Gasteiger partial charge in [0, 0.05) is 5.56 Å². The number of ether oxygens (including phenoxy) is 2. The Kier molecular flexibility index (Phi) is 5.76. The van der Waals surface area contributed by atoms with Crippen LogP contribution in [0.15, 0.2) is 24.3 Å². The van der Waals surface area contributed by atoms with Crippen LogP contribution in [0, 0.1) is 0 Å². The van der Waals surface area contributed by atoms with Crippen LogP contribution in [-0.4, -0.2) is 41.0 Å². The van der Waals surface area contributed by atoms with Crippen molar-refractivity contribution in [2.75, 3.05) is 7.11 Å². The predicted molar refractivity (Wildman–Crippen MR) is 78.7 cm³/mol. The summed E-state index contributed by atoms with van der Waals surface area (Å²) in [6.45, 7) is 4.96. The summed E-state index contributed by atoms with van der Waals surface area (Å²) < 4.78 is 10.1. The van der Waals surface area contributed by atoms with Gasteiger partial charge < -0.3 is 25.0 Å². The number of hydrogen-bond acceptors (Lipinski definition) is 5. The lowest BCUT2D eigenvalue weighted by atomic mass is 10.0. The van der Waals surface area contributed by atoms with E-state index >= 15 is 0 Å². The van der Waals surface area contributed by atoms with Crippen LogP contribution in [0.25, 0.3) is 0 Å². The Morgan fingerprint density at radius 3 is 2.32 bits per heavy atom. The van der Waals surface area contributed by atoms with Gasteiger partial charge in [-0.1, -0.05) is 18.2 Å². The topological polar surface area (TPSA) is 105 Å². The van der Waals surface area contributed by atoms with E-state index in [0.717, 1.165) is 0 Å². The van der Waals surface area contributed by atoms with E-state index in [1.54, 1.807) is 39.0 Å². The third-order valence-corrected chi connectivity index (χ3v) is 2.71. The molecule has 2 atom stereocenters. The fraction of sp³-hybridized carbons (Fsp3) is 0.467. The molecular weight excluding hydrogens is 290 g/mol. The molecule has 0 spiro atoms. The number of carbonyl (C=O) groups excluding carboxylic acids is 1. The molecule has 0 aliphatic carbocycles. The lowest BCUT2D eigenvalue weighted by molar-refractivity contribution is -0.142. The fourth-order valence-corrected chi connectivity index (χ4v) is 1.80. The van der Waals surface area contributed by atoms with Crippen LogP contribution in [0.2, 0.25) is 0 Å².